The molecule has 4 nitrogen and oxygen atoms in total. The Bertz CT molecular complexity index is 356. The van der Waals surface area contributed by atoms with Gasteiger partial charge in [-0.25, -0.2) is 4.98 Å². The van der Waals surface area contributed by atoms with Crippen LogP contribution in [0.3, 0.4) is 0 Å². The SMILES string of the molecule is O=C(Cc1ccsc1)Nc1ncco1. The standard InChI is InChI=1S/C9H8N2O2S/c12-8(5-7-1-4-14-6-7)11-9-10-2-3-13-9/h1-4,6H,5H2,(H,10,11,12). The van der Waals surface area contributed by atoms with Gasteiger partial charge in [0.15, 0.2) is 0 Å². The first-order valence-electron chi connectivity index (χ1n) is 4.05. The van der Waals surface area contributed by atoms with Gasteiger partial charge in [-0.3, -0.25) is 10.1 Å². The van der Waals surface area contributed by atoms with Crippen molar-refractivity contribution >= 4 is 23.3 Å². The predicted octanol–water partition coefficient (Wildman–Crippen LogP) is 1.92. The lowest BCUT2D eigenvalue weighted by atomic mass is 10.2. The van der Waals surface area contributed by atoms with Gasteiger partial charge in [-0.15, -0.1) is 0 Å². The van der Waals surface area contributed by atoms with E-state index in [-0.39, 0.29) is 11.9 Å². The van der Waals surface area contributed by atoms with Crippen LogP contribution in [0.4, 0.5) is 6.01 Å². The lowest BCUT2D eigenvalue weighted by molar-refractivity contribution is -0.115. The van der Waals surface area contributed by atoms with E-state index in [1.165, 1.54) is 12.5 Å². The Morgan fingerprint density at radius 2 is 2.57 bits per heavy atom. The fraction of sp³-hybridized carbons (Fsp3) is 0.111. The van der Waals surface area contributed by atoms with E-state index >= 15 is 0 Å². The van der Waals surface area contributed by atoms with Crippen molar-refractivity contribution in [3.8, 4) is 0 Å². The lowest BCUT2D eigenvalue weighted by Gasteiger charge is -1.97. The summed E-state index contributed by atoms with van der Waals surface area (Å²) >= 11 is 1.57. The Kier molecular flexibility index (Phi) is 2.60. The summed E-state index contributed by atoms with van der Waals surface area (Å²) in [4.78, 5) is 15.2. The molecule has 14 heavy (non-hydrogen) atoms. The number of hydrogen-bond donors (Lipinski definition) is 1. The molecule has 2 heterocycles. The smallest absolute Gasteiger partial charge is 0.301 e. The molecule has 1 amide bonds. The molecule has 0 atom stereocenters. The minimum Gasteiger partial charge on any atom is -0.432 e. The fourth-order valence-corrected chi connectivity index (χ4v) is 1.70. The molecule has 0 aliphatic carbocycles. The van der Waals surface area contributed by atoms with Crippen molar-refractivity contribution in [1.82, 2.24) is 4.98 Å². The highest BCUT2D eigenvalue weighted by Crippen LogP contribution is 2.08. The van der Waals surface area contributed by atoms with Gasteiger partial charge in [-0.1, -0.05) is 0 Å². The molecule has 0 fully saturated rings. The van der Waals surface area contributed by atoms with Gasteiger partial charge in [0.2, 0.25) is 5.91 Å². The summed E-state index contributed by atoms with van der Waals surface area (Å²) in [7, 11) is 0. The molecule has 0 saturated carbocycles. The first-order valence-corrected chi connectivity index (χ1v) is 4.99. The summed E-state index contributed by atoms with van der Waals surface area (Å²) in [5.41, 5.74) is 0.999. The lowest BCUT2D eigenvalue weighted by Crippen LogP contribution is -2.13. The molecule has 0 aliphatic heterocycles. The van der Waals surface area contributed by atoms with Crippen LogP contribution in [0.2, 0.25) is 0 Å². The number of aromatic nitrogens is 1. The molecular formula is C9H8N2O2S. The van der Waals surface area contributed by atoms with Crippen LogP contribution < -0.4 is 5.32 Å². The first-order chi connectivity index (χ1) is 6.84. The number of nitrogens with one attached hydrogen (secondary N) is 1. The molecule has 2 aromatic rings. The summed E-state index contributed by atoms with van der Waals surface area (Å²) < 4.78 is 4.88. The quantitative estimate of drug-likeness (QED) is 0.838. The molecule has 2 aromatic heterocycles. The molecule has 0 aromatic carbocycles. The fourth-order valence-electron chi connectivity index (χ4n) is 1.03. The minimum atomic E-state index is -0.120. The van der Waals surface area contributed by atoms with Crippen LogP contribution in [-0.2, 0) is 11.2 Å². The maximum Gasteiger partial charge on any atom is 0.301 e. The molecule has 1 N–H and O–H groups in total. The number of anilines is 1. The Balaban J connectivity index is 1.91. The van der Waals surface area contributed by atoms with E-state index in [0.717, 1.165) is 5.56 Å². The molecular weight excluding hydrogens is 200 g/mol. The average molecular weight is 208 g/mol. The second kappa shape index (κ2) is 4.06. The number of hydrogen-bond acceptors (Lipinski definition) is 4. The van der Waals surface area contributed by atoms with E-state index in [4.69, 9.17) is 4.42 Å². The Hall–Kier alpha value is -1.62. The van der Waals surface area contributed by atoms with Crippen molar-refractivity contribution in [3.63, 3.8) is 0 Å². The number of rotatable bonds is 3. The zero-order valence-electron chi connectivity index (χ0n) is 7.27. The number of nitrogens with zero attached hydrogens (tertiary/aromatic N) is 1. The molecule has 0 radical (unpaired) electrons. The van der Waals surface area contributed by atoms with Gasteiger partial charge in [-0.2, -0.15) is 11.3 Å². The van der Waals surface area contributed by atoms with Gasteiger partial charge in [-0.05, 0) is 22.4 Å². The molecule has 0 spiro atoms. The summed E-state index contributed by atoms with van der Waals surface area (Å²) in [5, 5.41) is 6.43. The van der Waals surface area contributed by atoms with Crippen LogP contribution in [0, 0.1) is 0 Å². The Morgan fingerprint density at radius 1 is 1.64 bits per heavy atom. The molecule has 2 rings (SSSR count). The van der Waals surface area contributed by atoms with Gasteiger partial charge in [0.25, 0.3) is 0 Å². The normalized spacial score (nSPS) is 10.0. The Labute approximate surface area is 84.6 Å². The van der Waals surface area contributed by atoms with Crippen LogP contribution in [-0.4, -0.2) is 10.9 Å². The number of carbonyl (C=O) groups excluding carboxylic acids is 1. The van der Waals surface area contributed by atoms with E-state index in [0.29, 0.717) is 6.42 Å². The van der Waals surface area contributed by atoms with Crippen LogP contribution in [0.1, 0.15) is 5.56 Å². The topological polar surface area (TPSA) is 55.1 Å². The second-order valence-electron chi connectivity index (χ2n) is 2.69. The zero-order valence-corrected chi connectivity index (χ0v) is 8.08. The second-order valence-corrected chi connectivity index (χ2v) is 3.47. The van der Waals surface area contributed by atoms with Crippen LogP contribution in [0.25, 0.3) is 0 Å². The van der Waals surface area contributed by atoms with Crippen LogP contribution in [0.5, 0.6) is 0 Å². The van der Waals surface area contributed by atoms with Crippen molar-refractivity contribution < 1.29 is 9.21 Å². The van der Waals surface area contributed by atoms with Crippen molar-refractivity contribution in [2.45, 2.75) is 6.42 Å². The van der Waals surface area contributed by atoms with E-state index in [1.807, 2.05) is 16.8 Å². The summed E-state index contributed by atoms with van der Waals surface area (Å²) in [6.45, 7) is 0. The van der Waals surface area contributed by atoms with E-state index in [2.05, 4.69) is 10.3 Å². The molecule has 0 saturated heterocycles. The highest BCUT2D eigenvalue weighted by atomic mass is 32.1. The third kappa shape index (κ3) is 2.20. The number of thiophene rings is 1. The molecule has 0 aliphatic rings. The average Bonchev–Trinajstić information content (AvgIpc) is 2.76. The van der Waals surface area contributed by atoms with E-state index < -0.39 is 0 Å². The zero-order chi connectivity index (χ0) is 9.80. The summed E-state index contributed by atoms with van der Waals surface area (Å²) in [6, 6.07) is 2.16. The number of amides is 1. The Morgan fingerprint density at radius 3 is 3.21 bits per heavy atom. The molecule has 0 bridgehead atoms. The maximum atomic E-state index is 11.4. The predicted molar refractivity (Wildman–Crippen MR) is 53.2 cm³/mol. The van der Waals surface area contributed by atoms with Crippen LogP contribution in [0.15, 0.2) is 33.7 Å². The summed E-state index contributed by atoms with van der Waals surface area (Å²) in [6.07, 6.45) is 3.26. The molecule has 5 heteroatoms. The van der Waals surface area contributed by atoms with Crippen molar-refractivity contribution in [1.29, 1.82) is 0 Å². The van der Waals surface area contributed by atoms with E-state index in [1.54, 1.807) is 11.3 Å². The van der Waals surface area contributed by atoms with Gasteiger partial charge in [0.05, 0.1) is 12.6 Å². The van der Waals surface area contributed by atoms with Crippen molar-refractivity contribution in [2.24, 2.45) is 0 Å². The van der Waals surface area contributed by atoms with Gasteiger partial charge in [0, 0.05) is 0 Å². The number of carbonyl (C=O) groups is 1. The van der Waals surface area contributed by atoms with Crippen LogP contribution >= 0.6 is 11.3 Å². The number of oxazole rings is 1. The molecule has 0 unspecified atom stereocenters. The highest BCUT2D eigenvalue weighted by Gasteiger charge is 2.06. The highest BCUT2D eigenvalue weighted by molar-refractivity contribution is 7.07. The minimum absolute atomic E-state index is 0.120. The third-order valence-corrected chi connectivity index (χ3v) is 2.36. The monoisotopic (exact) mass is 208 g/mol. The largest absolute Gasteiger partial charge is 0.432 e. The van der Waals surface area contributed by atoms with Crippen molar-refractivity contribution in [3.05, 3.63) is 34.8 Å². The third-order valence-electron chi connectivity index (χ3n) is 1.62. The van der Waals surface area contributed by atoms with Gasteiger partial charge < -0.3 is 4.42 Å². The van der Waals surface area contributed by atoms with E-state index in [9.17, 15) is 4.79 Å². The van der Waals surface area contributed by atoms with Gasteiger partial charge in [0.1, 0.15) is 6.26 Å². The van der Waals surface area contributed by atoms with Crippen molar-refractivity contribution in [2.75, 3.05) is 5.32 Å². The van der Waals surface area contributed by atoms with Gasteiger partial charge >= 0.3 is 6.01 Å². The summed E-state index contributed by atoms with van der Waals surface area (Å²) in [5.74, 6) is -0.120. The molecule has 72 valence electrons. The first kappa shape index (κ1) is 8.96. The maximum absolute atomic E-state index is 11.4.